The molecule has 0 bridgehead atoms. The molecule has 4 rings (SSSR count). The second-order valence-corrected chi connectivity index (χ2v) is 21.0. The van der Waals surface area contributed by atoms with Crippen molar-refractivity contribution in [3.05, 3.63) is 111 Å². The molecule has 0 radical (unpaired) electrons. The van der Waals surface area contributed by atoms with Gasteiger partial charge >= 0.3 is 11.9 Å². The van der Waals surface area contributed by atoms with Crippen LogP contribution in [0.5, 0.6) is 17.2 Å². The van der Waals surface area contributed by atoms with Crippen molar-refractivity contribution in [3.63, 3.8) is 0 Å². The van der Waals surface area contributed by atoms with Gasteiger partial charge in [0.2, 0.25) is 0 Å². The van der Waals surface area contributed by atoms with Crippen LogP contribution in [0.15, 0.2) is 77.9 Å². The molecule has 0 saturated heterocycles. The van der Waals surface area contributed by atoms with Crippen LogP contribution in [0.2, 0.25) is 0 Å². The lowest BCUT2D eigenvalue weighted by Crippen LogP contribution is -2.36. The Morgan fingerprint density at radius 1 is 0.569 bits per heavy atom. The van der Waals surface area contributed by atoms with Gasteiger partial charge < -0.3 is 24.8 Å². The van der Waals surface area contributed by atoms with E-state index in [2.05, 4.69) is 67.5 Å². The van der Waals surface area contributed by atoms with Gasteiger partial charge in [0.05, 0.1) is 12.8 Å². The molecular formula is C51H70O7. The smallest absolute Gasteiger partial charge is 0.307 e. The number of hydrogen-bond donors (Lipinski definition) is 3. The van der Waals surface area contributed by atoms with Gasteiger partial charge in [-0.05, 0) is 98.1 Å². The van der Waals surface area contributed by atoms with Gasteiger partial charge in [-0.1, -0.05) is 151 Å². The lowest BCUT2D eigenvalue weighted by molar-refractivity contribution is -0.153. The van der Waals surface area contributed by atoms with Crippen LogP contribution in [0, 0.1) is 11.3 Å². The van der Waals surface area contributed by atoms with Crippen LogP contribution < -0.4 is 0 Å². The maximum atomic E-state index is 13.8. The molecule has 7 nitrogen and oxygen atoms in total. The average molecular weight is 795 g/mol. The average Bonchev–Trinajstić information content (AvgIpc) is 3.08. The maximum absolute atomic E-state index is 13.8. The van der Waals surface area contributed by atoms with Crippen LogP contribution in [-0.4, -0.2) is 40.5 Å². The molecule has 316 valence electrons. The first kappa shape index (κ1) is 46.2. The fourth-order valence-corrected chi connectivity index (χ4v) is 8.37. The summed E-state index contributed by atoms with van der Waals surface area (Å²) in [6.07, 6.45) is 5.40. The quantitative estimate of drug-likeness (QED) is 0.131. The zero-order chi connectivity index (χ0) is 43.8. The molecular weight excluding hydrogens is 725 g/mol. The summed E-state index contributed by atoms with van der Waals surface area (Å²) in [4.78, 5) is 27.6. The van der Waals surface area contributed by atoms with E-state index in [1.54, 1.807) is 18.2 Å². The predicted octanol–water partition coefficient (Wildman–Crippen LogP) is 11.8. The van der Waals surface area contributed by atoms with Crippen molar-refractivity contribution in [1.82, 2.24) is 0 Å². The molecule has 0 fully saturated rings. The molecule has 2 unspecified atom stereocenters. The monoisotopic (exact) mass is 795 g/mol. The topological polar surface area (TPSA) is 113 Å². The Morgan fingerprint density at radius 3 is 1.34 bits per heavy atom. The van der Waals surface area contributed by atoms with E-state index in [1.165, 1.54) is 11.1 Å². The van der Waals surface area contributed by atoms with Gasteiger partial charge in [0.25, 0.3) is 0 Å². The maximum Gasteiger partial charge on any atom is 0.307 e. The first-order chi connectivity index (χ1) is 26.5. The first-order valence-corrected chi connectivity index (χ1v) is 20.7. The third kappa shape index (κ3) is 10.4. The van der Waals surface area contributed by atoms with E-state index in [-0.39, 0.29) is 70.9 Å². The highest BCUT2D eigenvalue weighted by Gasteiger charge is 2.41. The fraction of sp³-hybridized carbons (Fsp3) is 0.529. The Bertz CT molecular complexity index is 1990. The summed E-state index contributed by atoms with van der Waals surface area (Å²) < 4.78 is 11.6. The Labute approximate surface area is 348 Å². The zero-order valence-electron chi connectivity index (χ0n) is 37.9. The molecule has 0 spiro atoms. The molecule has 58 heavy (non-hydrogen) atoms. The Hall–Kier alpha value is -4.52. The van der Waals surface area contributed by atoms with Gasteiger partial charge in [-0.2, -0.15) is 0 Å². The van der Waals surface area contributed by atoms with Gasteiger partial charge in [0.1, 0.15) is 30.5 Å². The van der Waals surface area contributed by atoms with Gasteiger partial charge in [0.15, 0.2) is 0 Å². The highest BCUT2D eigenvalue weighted by Crippen LogP contribution is 2.47. The minimum Gasteiger partial charge on any atom is -0.508 e. The number of carbonyl (C=O) groups excluding carboxylic acids is 2. The lowest BCUT2D eigenvalue weighted by atomic mass is 9.64. The minimum absolute atomic E-state index is 0.0109. The van der Waals surface area contributed by atoms with Crippen molar-refractivity contribution in [2.24, 2.45) is 11.3 Å². The summed E-state index contributed by atoms with van der Waals surface area (Å²) in [7, 11) is 0. The van der Waals surface area contributed by atoms with Crippen molar-refractivity contribution < 1.29 is 34.4 Å². The third-order valence-electron chi connectivity index (χ3n) is 12.1. The molecule has 3 aromatic rings. The summed E-state index contributed by atoms with van der Waals surface area (Å²) in [6, 6.07) is 16.6. The number of esters is 2. The van der Waals surface area contributed by atoms with E-state index in [9.17, 15) is 24.9 Å². The van der Waals surface area contributed by atoms with Crippen LogP contribution in [0.4, 0.5) is 0 Å². The zero-order valence-corrected chi connectivity index (χ0v) is 37.9. The summed E-state index contributed by atoms with van der Waals surface area (Å²) in [5.74, 6) is -0.291. The molecule has 0 heterocycles. The van der Waals surface area contributed by atoms with E-state index in [0.717, 1.165) is 39.8 Å². The number of carbonyl (C=O) groups is 2. The number of aromatic hydroxyl groups is 3. The molecule has 1 aliphatic carbocycles. The highest BCUT2D eigenvalue weighted by molar-refractivity contribution is 5.74. The van der Waals surface area contributed by atoms with E-state index in [4.69, 9.17) is 9.47 Å². The molecule has 7 heteroatoms. The summed E-state index contributed by atoms with van der Waals surface area (Å²) in [6.45, 7) is 31.0. The molecule has 0 saturated carbocycles. The van der Waals surface area contributed by atoms with Crippen LogP contribution in [0.1, 0.15) is 156 Å². The number of phenols is 3. The number of hydrogen-bond acceptors (Lipinski definition) is 7. The Kier molecular flexibility index (Phi) is 13.2. The van der Waals surface area contributed by atoms with Crippen molar-refractivity contribution in [3.8, 4) is 17.2 Å². The van der Waals surface area contributed by atoms with Crippen LogP contribution in [-0.2, 0) is 46.1 Å². The standard InChI is InChI=1S/C51H70O7/c1-32-16-17-33(26-37(32)46(2,3)4)50(14,34-18-21-41(52)38(27-34)47(5,6)7)30-44(55)57-24-25-58-45(56)31-51(15,35-19-22-42(53)39(28-35)48(8,9)10)36-20-23-43(54)40(29-36)49(11,12)13/h16,18-23,26-29,33,52-54H,17,24-25,30-31H2,1-15H3. The molecule has 0 aliphatic heterocycles. The van der Waals surface area contributed by atoms with Gasteiger partial charge in [-0.25, -0.2) is 0 Å². The predicted molar refractivity (Wildman–Crippen MR) is 235 cm³/mol. The molecule has 3 N–H and O–H groups in total. The lowest BCUT2D eigenvalue weighted by Gasteiger charge is -2.40. The second-order valence-electron chi connectivity index (χ2n) is 21.0. The molecule has 0 aromatic heterocycles. The summed E-state index contributed by atoms with van der Waals surface area (Å²) in [5, 5.41) is 32.4. The number of ether oxygens (including phenoxy) is 2. The number of benzene rings is 3. The van der Waals surface area contributed by atoms with Crippen molar-refractivity contribution in [1.29, 1.82) is 0 Å². The molecule has 0 amide bonds. The van der Waals surface area contributed by atoms with Crippen LogP contribution >= 0.6 is 0 Å². The van der Waals surface area contributed by atoms with Crippen molar-refractivity contribution in [2.75, 3.05) is 13.2 Å². The van der Waals surface area contributed by atoms with Gasteiger partial charge in [-0.15, -0.1) is 0 Å². The number of allylic oxidation sites excluding steroid dienone is 4. The van der Waals surface area contributed by atoms with Crippen LogP contribution in [0.25, 0.3) is 0 Å². The Morgan fingerprint density at radius 2 is 0.948 bits per heavy atom. The summed E-state index contributed by atoms with van der Waals surface area (Å²) >= 11 is 0. The van der Waals surface area contributed by atoms with Gasteiger partial charge in [-0.3, -0.25) is 9.59 Å². The number of rotatable bonds is 11. The SMILES string of the molecule is CC1=CCC(C(C)(CC(=O)OCCOC(=O)CC(C)(c2ccc(O)c(C(C)(C)C)c2)c2ccc(O)c(C(C)(C)C)c2)c2ccc(O)c(C(C)(C)C)c2)C=C1C(C)(C)C. The van der Waals surface area contributed by atoms with E-state index in [1.807, 2.05) is 84.9 Å². The second kappa shape index (κ2) is 16.6. The number of phenolic OH excluding ortho intramolecular Hbond substituents is 3. The molecule has 1 aliphatic rings. The van der Waals surface area contributed by atoms with Crippen molar-refractivity contribution >= 4 is 11.9 Å². The molecule has 2 atom stereocenters. The fourth-order valence-electron chi connectivity index (χ4n) is 8.37. The molecule has 3 aromatic carbocycles. The van der Waals surface area contributed by atoms with Crippen LogP contribution in [0.3, 0.4) is 0 Å². The van der Waals surface area contributed by atoms with E-state index in [0.29, 0.717) is 0 Å². The van der Waals surface area contributed by atoms with Crippen molar-refractivity contribution in [2.45, 2.75) is 150 Å². The van der Waals surface area contributed by atoms with E-state index < -0.39 is 22.8 Å². The Balaban J connectivity index is 1.58. The van der Waals surface area contributed by atoms with Gasteiger partial charge in [0, 0.05) is 10.8 Å². The largest absolute Gasteiger partial charge is 0.508 e. The minimum atomic E-state index is -0.890. The summed E-state index contributed by atoms with van der Waals surface area (Å²) in [5.41, 5.74) is 4.75. The first-order valence-electron chi connectivity index (χ1n) is 20.7. The third-order valence-corrected chi connectivity index (χ3v) is 12.1. The highest BCUT2D eigenvalue weighted by atomic mass is 16.6. The van der Waals surface area contributed by atoms with E-state index >= 15 is 0 Å². The normalized spacial score (nSPS) is 16.6.